The van der Waals surface area contributed by atoms with Gasteiger partial charge in [-0.3, -0.25) is 0 Å². The lowest BCUT2D eigenvalue weighted by Gasteiger charge is -2.02. The molecule has 70 valence electrons. The maximum Gasteiger partial charge on any atom is 0.174 e. The summed E-state index contributed by atoms with van der Waals surface area (Å²) in [5.41, 5.74) is 3.36. The van der Waals surface area contributed by atoms with Gasteiger partial charge in [-0.05, 0) is 31.9 Å². The first-order chi connectivity index (χ1) is 6.25. The third kappa shape index (κ3) is 2.58. The highest BCUT2D eigenvalue weighted by Crippen LogP contribution is 2.22. The Morgan fingerprint density at radius 3 is 2.46 bits per heavy atom. The summed E-state index contributed by atoms with van der Waals surface area (Å²) in [7, 11) is 0. The number of aliphatic imine (C=N–C) groups is 1. The molecule has 1 aromatic rings. The zero-order valence-electron chi connectivity index (χ0n) is 8.37. The van der Waals surface area contributed by atoms with Gasteiger partial charge in [-0.1, -0.05) is 18.2 Å². The van der Waals surface area contributed by atoms with Crippen molar-refractivity contribution in [3.8, 4) is 0 Å². The van der Waals surface area contributed by atoms with Crippen molar-refractivity contribution >= 4 is 12.1 Å². The van der Waals surface area contributed by atoms with E-state index in [4.69, 9.17) is 4.74 Å². The van der Waals surface area contributed by atoms with Gasteiger partial charge in [0, 0.05) is 0 Å². The zero-order chi connectivity index (χ0) is 9.68. The maximum atomic E-state index is 5.06. The van der Waals surface area contributed by atoms with Crippen LogP contribution in [-0.4, -0.2) is 13.0 Å². The number of para-hydroxylation sites is 1. The van der Waals surface area contributed by atoms with E-state index < -0.39 is 0 Å². The summed E-state index contributed by atoms with van der Waals surface area (Å²) in [4.78, 5) is 4.25. The van der Waals surface area contributed by atoms with Crippen LogP contribution in [0.2, 0.25) is 0 Å². The predicted molar refractivity (Wildman–Crippen MR) is 55.7 cm³/mol. The second-order valence-electron chi connectivity index (χ2n) is 2.93. The molecule has 0 bridgehead atoms. The SMILES string of the molecule is CCOC=Nc1c(C)cccc1C. The van der Waals surface area contributed by atoms with Crippen molar-refractivity contribution in [3.05, 3.63) is 29.3 Å². The van der Waals surface area contributed by atoms with Crippen molar-refractivity contribution in [1.82, 2.24) is 0 Å². The maximum absolute atomic E-state index is 5.06. The van der Waals surface area contributed by atoms with E-state index >= 15 is 0 Å². The van der Waals surface area contributed by atoms with Gasteiger partial charge in [-0.25, -0.2) is 4.99 Å². The monoisotopic (exact) mass is 177 g/mol. The first-order valence-corrected chi connectivity index (χ1v) is 4.46. The Labute approximate surface area is 79.3 Å². The van der Waals surface area contributed by atoms with Gasteiger partial charge in [0.2, 0.25) is 0 Å². The Bertz CT molecular complexity index is 285. The Morgan fingerprint density at radius 2 is 1.92 bits per heavy atom. The fraction of sp³-hybridized carbons (Fsp3) is 0.364. The first-order valence-electron chi connectivity index (χ1n) is 4.46. The van der Waals surface area contributed by atoms with Crippen LogP contribution in [0.4, 0.5) is 5.69 Å². The van der Waals surface area contributed by atoms with Crippen molar-refractivity contribution in [1.29, 1.82) is 0 Å². The van der Waals surface area contributed by atoms with Crippen LogP contribution in [0.5, 0.6) is 0 Å². The number of aryl methyl sites for hydroxylation is 2. The van der Waals surface area contributed by atoms with Crippen LogP contribution in [0.1, 0.15) is 18.1 Å². The Hall–Kier alpha value is -1.31. The first kappa shape index (κ1) is 9.78. The van der Waals surface area contributed by atoms with Gasteiger partial charge >= 0.3 is 0 Å². The number of rotatable bonds is 3. The lowest BCUT2D eigenvalue weighted by molar-refractivity contribution is 0.344. The lowest BCUT2D eigenvalue weighted by Crippen LogP contribution is -1.86. The van der Waals surface area contributed by atoms with Crippen LogP contribution in [0.25, 0.3) is 0 Å². The van der Waals surface area contributed by atoms with E-state index in [1.807, 2.05) is 39.0 Å². The highest BCUT2D eigenvalue weighted by atomic mass is 16.5. The van der Waals surface area contributed by atoms with E-state index in [-0.39, 0.29) is 0 Å². The summed E-state index contributed by atoms with van der Waals surface area (Å²) in [5.74, 6) is 0. The number of benzene rings is 1. The molecule has 0 aromatic heterocycles. The molecule has 0 saturated heterocycles. The topological polar surface area (TPSA) is 21.6 Å². The molecule has 0 unspecified atom stereocenters. The molecule has 0 spiro atoms. The molecule has 2 nitrogen and oxygen atoms in total. The van der Waals surface area contributed by atoms with Crippen LogP contribution in [0.15, 0.2) is 23.2 Å². The molecule has 0 fully saturated rings. The van der Waals surface area contributed by atoms with Gasteiger partial charge in [0.1, 0.15) is 0 Å². The molecule has 2 heteroatoms. The van der Waals surface area contributed by atoms with Crippen LogP contribution in [0, 0.1) is 13.8 Å². The van der Waals surface area contributed by atoms with Crippen molar-refractivity contribution in [3.63, 3.8) is 0 Å². The van der Waals surface area contributed by atoms with Crippen molar-refractivity contribution < 1.29 is 4.74 Å². The molecule has 0 aliphatic heterocycles. The largest absolute Gasteiger partial charge is 0.483 e. The highest BCUT2D eigenvalue weighted by Gasteiger charge is 1.97. The van der Waals surface area contributed by atoms with Crippen LogP contribution < -0.4 is 0 Å². The predicted octanol–water partition coefficient (Wildman–Crippen LogP) is 3.00. The molecule has 0 radical (unpaired) electrons. The second kappa shape index (κ2) is 4.65. The average molecular weight is 177 g/mol. The number of hydrogen-bond donors (Lipinski definition) is 0. The standard InChI is InChI=1S/C11H15NO/c1-4-13-8-12-11-9(2)6-5-7-10(11)3/h5-8H,4H2,1-3H3. The summed E-state index contributed by atoms with van der Waals surface area (Å²) in [6.07, 6.45) is 1.51. The smallest absolute Gasteiger partial charge is 0.174 e. The van der Waals surface area contributed by atoms with Crippen molar-refractivity contribution in [2.45, 2.75) is 20.8 Å². The van der Waals surface area contributed by atoms with Crippen LogP contribution >= 0.6 is 0 Å². The van der Waals surface area contributed by atoms with Gasteiger partial charge in [0.05, 0.1) is 12.3 Å². The Balaban J connectivity index is 2.87. The molecule has 13 heavy (non-hydrogen) atoms. The molecule has 0 heterocycles. The molecule has 0 amide bonds. The van der Waals surface area contributed by atoms with Crippen LogP contribution in [-0.2, 0) is 4.74 Å². The summed E-state index contributed by atoms with van der Waals surface area (Å²) in [6.45, 7) is 6.70. The fourth-order valence-electron chi connectivity index (χ4n) is 1.17. The summed E-state index contributed by atoms with van der Waals surface area (Å²) < 4.78 is 5.06. The molecular formula is C11H15NO. The number of ether oxygens (including phenoxy) is 1. The molecule has 0 saturated carbocycles. The highest BCUT2D eigenvalue weighted by molar-refractivity contribution is 5.61. The minimum absolute atomic E-state index is 0.661. The van der Waals surface area contributed by atoms with Gasteiger partial charge in [0.25, 0.3) is 0 Å². The zero-order valence-corrected chi connectivity index (χ0v) is 8.37. The van der Waals surface area contributed by atoms with Crippen molar-refractivity contribution in [2.24, 2.45) is 4.99 Å². The molecule has 0 atom stereocenters. The Kier molecular flexibility index (Phi) is 3.50. The third-order valence-electron chi connectivity index (χ3n) is 1.86. The van der Waals surface area contributed by atoms with Gasteiger partial charge < -0.3 is 4.74 Å². The molecule has 1 aromatic carbocycles. The van der Waals surface area contributed by atoms with E-state index in [0.717, 1.165) is 5.69 Å². The van der Waals surface area contributed by atoms with E-state index in [2.05, 4.69) is 4.99 Å². The molecule has 0 aliphatic carbocycles. The minimum Gasteiger partial charge on any atom is -0.483 e. The van der Waals surface area contributed by atoms with E-state index in [9.17, 15) is 0 Å². The van der Waals surface area contributed by atoms with Crippen molar-refractivity contribution in [2.75, 3.05) is 6.61 Å². The summed E-state index contributed by atoms with van der Waals surface area (Å²) in [6, 6.07) is 6.13. The average Bonchev–Trinajstić information content (AvgIpc) is 2.10. The van der Waals surface area contributed by atoms with Gasteiger partial charge in [-0.2, -0.15) is 0 Å². The quantitative estimate of drug-likeness (QED) is 0.513. The minimum atomic E-state index is 0.661. The molecule has 0 aliphatic rings. The lowest BCUT2D eigenvalue weighted by atomic mass is 10.1. The number of hydrogen-bond acceptors (Lipinski definition) is 2. The summed E-state index contributed by atoms with van der Waals surface area (Å²) >= 11 is 0. The van der Waals surface area contributed by atoms with E-state index in [0.29, 0.717) is 6.61 Å². The Morgan fingerprint density at radius 1 is 1.31 bits per heavy atom. The number of nitrogens with zero attached hydrogens (tertiary/aromatic N) is 1. The molecule has 0 N–H and O–H groups in total. The second-order valence-corrected chi connectivity index (χ2v) is 2.93. The fourth-order valence-corrected chi connectivity index (χ4v) is 1.17. The molecule has 1 rings (SSSR count). The van der Waals surface area contributed by atoms with Gasteiger partial charge in [-0.15, -0.1) is 0 Å². The van der Waals surface area contributed by atoms with Crippen LogP contribution in [0.3, 0.4) is 0 Å². The third-order valence-corrected chi connectivity index (χ3v) is 1.86. The van der Waals surface area contributed by atoms with E-state index in [1.54, 1.807) is 0 Å². The molecular weight excluding hydrogens is 162 g/mol. The van der Waals surface area contributed by atoms with Gasteiger partial charge in [0.15, 0.2) is 6.40 Å². The van der Waals surface area contributed by atoms with E-state index in [1.165, 1.54) is 17.5 Å². The summed E-state index contributed by atoms with van der Waals surface area (Å²) in [5, 5.41) is 0. The normalized spacial score (nSPS) is 10.7.